The molecule has 0 aromatic carbocycles. The van der Waals surface area contributed by atoms with Crippen LogP contribution in [-0.4, -0.2) is 43.1 Å². The molecule has 1 aliphatic rings. The molecule has 0 aliphatic heterocycles. The Morgan fingerprint density at radius 3 is 2.26 bits per heavy atom. The van der Waals surface area contributed by atoms with Crippen LogP contribution in [0.3, 0.4) is 0 Å². The molecule has 0 saturated carbocycles. The first-order valence-corrected chi connectivity index (χ1v) is 11.7. The molecule has 5 nitrogen and oxygen atoms in total. The molecule has 0 heterocycles. The van der Waals surface area contributed by atoms with Gasteiger partial charge in [-0.2, -0.15) is 0 Å². The molecule has 0 fully saturated rings. The third-order valence-corrected chi connectivity index (χ3v) is 5.92. The summed E-state index contributed by atoms with van der Waals surface area (Å²) >= 11 is -2.61. The van der Waals surface area contributed by atoms with Crippen LogP contribution in [0.25, 0.3) is 0 Å². The standard InChI is InChI=1S/C20H28O2.As2O3/c1-15(8-6-9-16(2)14-19(21)22)11-12-18-17(3)10-7-13-20(18,4)5;3-1-5-2-4/h6,8-9,11-12,14H,7,10,13H2,1-5H3,(H,21,22);/b9-6+,12-11+,15-8+,16-14+;. The van der Waals surface area contributed by atoms with Gasteiger partial charge in [0.1, 0.15) is 0 Å². The van der Waals surface area contributed by atoms with Gasteiger partial charge >= 0.3 is 48.2 Å². The van der Waals surface area contributed by atoms with Crippen molar-refractivity contribution in [3.63, 3.8) is 0 Å². The third kappa shape index (κ3) is 12.0. The molecule has 0 aromatic heterocycles. The van der Waals surface area contributed by atoms with Crippen molar-refractivity contribution in [3.05, 3.63) is 58.7 Å². The molecule has 0 unspecified atom stereocenters. The van der Waals surface area contributed by atoms with E-state index < -0.39 is 38.0 Å². The van der Waals surface area contributed by atoms with Crippen LogP contribution in [0.4, 0.5) is 0 Å². The van der Waals surface area contributed by atoms with E-state index in [1.165, 1.54) is 36.5 Å². The predicted octanol–water partition coefficient (Wildman–Crippen LogP) is 4.54. The zero-order valence-electron chi connectivity index (χ0n) is 16.6. The molecule has 0 spiro atoms. The van der Waals surface area contributed by atoms with Crippen LogP contribution in [-0.2, 0) is 15.0 Å². The van der Waals surface area contributed by atoms with Crippen molar-refractivity contribution in [1.29, 1.82) is 0 Å². The molecule has 7 heteroatoms. The van der Waals surface area contributed by atoms with Gasteiger partial charge in [-0.15, -0.1) is 0 Å². The predicted molar refractivity (Wildman–Crippen MR) is 108 cm³/mol. The Balaban J connectivity index is 0.00000119. The molecule has 0 aromatic rings. The molecule has 27 heavy (non-hydrogen) atoms. The molecule has 0 atom stereocenters. The molecule has 0 saturated heterocycles. The molecule has 0 bridgehead atoms. The number of carboxylic acids is 1. The van der Waals surface area contributed by atoms with Crippen molar-refractivity contribution in [2.45, 2.75) is 53.9 Å². The summed E-state index contributed by atoms with van der Waals surface area (Å²) in [6.07, 6.45) is 15.0. The Kier molecular flexibility index (Phi) is 13.3. The van der Waals surface area contributed by atoms with Crippen molar-refractivity contribution in [2.75, 3.05) is 0 Å². The molecule has 1 N–H and O–H groups in total. The van der Waals surface area contributed by atoms with E-state index in [0.29, 0.717) is 0 Å². The minimum atomic E-state index is -1.30. The van der Waals surface area contributed by atoms with E-state index in [1.807, 2.05) is 12.2 Å². The fraction of sp³-hybridized carbons (Fsp3) is 0.450. The second-order valence-electron chi connectivity index (χ2n) is 6.99. The summed E-state index contributed by atoms with van der Waals surface area (Å²) in [5.41, 5.74) is 5.09. The normalized spacial score (nSPS) is 18.3. The van der Waals surface area contributed by atoms with Gasteiger partial charge < -0.3 is 5.11 Å². The zero-order chi connectivity index (χ0) is 20.9. The van der Waals surface area contributed by atoms with Gasteiger partial charge in [0.25, 0.3) is 0 Å². The van der Waals surface area contributed by atoms with Gasteiger partial charge in [-0.05, 0) is 56.6 Å². The van der Waals surface area contributed by atoms with E-state index in [0.717, 1.165) is 11.1 Å². The summed E-state index contributed by atoms with van der Waals surface area (Å²) in [5.74, 6) is -0.912. The van der Waals surface area contributed by atoms with Crippen molar-refractivity contribution < 1.29 is 20.1 Å². The molecular formula is C20H28As2O5. The molecule has 0 amide bonds. The third-order valence-electron chi connectivity index (χ3n) is 4.19. The second-order valence-corrected chi connectivity index (χ2v) is 9.74. The molecule has 0 radical (unpaired) electrons. The van der Waals surface area contributed by atoms with Crippen LogP contribution in [0.15, 0.2) is 58.7 Å². The first kappa shape index (κ1) is 25.8. The zero-order valence-corrected chi connectivity index (χ0v) is 20.3. The summed E-state index contributed by atoms with van der Waals surface area (Å²) in [7, 11) is 0. The Labute approximate surface area is 175 Å². The Bertz CT molecular complexity index is 676. The number of carbonyl (C=O) groups is 1. The number of hydrogen-bond donors (Lipinski definition) is 1. The van der Waals surface area contributed by atoms with Crippen LogP contribution in [0.2, 0.25) is 0 Å². The summed E-state index contributed by atoms with van der Waals surface area (Å²) in [5, 5.41) is 8.65. The van der Waals surface area contributed by atoms with Gasteiger partial charge in [-0.1, -0.05) is 55.4 Å². The number of rotatable bonds is 7. The first-order chi connectivity index (χ1) is 12.6. The van der Waals surface area contributed by atoms with Gasteiger partial charge in [0, 0.05) is 6.08 Å². The average molecular weight is 498 g/mol. The van der Waals surface area contributed by atoms with Crippen molar-refractivity contribution in [3.8, 4) is 0 Å². The molecule has 1 aliphatic carbocycles. The van der Waals surface area contributed by atoms with E-state index in [4.69, 9.17) is 5.11 Å². The van der Waals surface area contributed by atoms with Gasteiger partial charge in [0.2, 0.25) is 0 Å². The number of carboxylic acid groups (broad SMARTS) is 1. The molecular weight excluding hydrogens is 470 g/mol. The van der Waals surface area contributed by atoms with E-state index in [-0.39, 0.29) is 5.41 Å². The maximum absolute atomic E-state index is 10.5. The fourth-order valence-electron chi connectivity index (χ4n) is 2.89. The van der Waals surface area contributed by atoms with Crippen LogP contribution in [0.5, 0.6) is 0 Å². The average Bonchev–Trinajstić information content (AvgIpc) is 2.54. The Morgan fingerprint density at radius 2 is 1.78 bits per heavy atom. The summed E-state index contributed by atoms with van der Waals surface area (Å²) in [4.78, 5) is 10.5. The minimum absolute atomic E-state index is 0.260. The van der Waals surface area contributed by atoms with Gasteiger partial charge in [0.15, 0.2) is 0 Å². The summed E-state index contributed by atoms with van der Waals surface area (Å²) in [6, 6.07) is 0. The van der Waals surface area contributed by atoms with Crippen LogP contribution in [0, 0.1) is 5.41 Å². The Hall–Kier alpha value is -1.15. The summed E-state index contributed by atoms with van der Waals surface area (Å²) in [6.45, 7) is 10.7. The van der Waals surface area contributed by atoms with Gasteiger partial charge in [0.05, 0.1) is 0 Å². The van der Waals surface area contributed by atoms with Crippen molar-refractivity contribution >= 4 is 38.0 Å². The molecule has 148 valence electrons. The maximum atomic E-state index is 10.5. The number of hydrogen-bond acceptors (Lipinski definition) is 4. The van der Waals surface area contributed by atoms with Crippen LogP contribution < -0.4 is 0 Å². The van der Waals surface area contributed by atoms with Crippen molar-refractivity contribution in [1.82, 2.24) is 0 Å². The van der Waals surface area contributed by atoms with E-state index in [9.17, 15) is 12.3 Å². The van der Waals surface area contributed by atoms with E-state index in [2.05, 4.69) is 42.6 Å². The first-order valence-electron chi connectivity index (χ1n) is 8.60. The number of aliphatic carboxylic acids is 1. The van der Waals surface area contributed by atoms with E-state index >= 15 is 0 Å². The van der Waals surface area contributed by atoms with Gasteiger partial charge in [-0.3, -0.25) is 0 Å². The quantitative estimate of drug-likeness (QED) is 0.317. The van der Waals surface area contributed by atoms with Gasteiger partial charge in [-0.25, -0.2) is 4.79 Å². The second kappa shape index (κ2) is 13.9. The monoisotopic (exact) mass is 498 g/mol. The van der Waals surface area contributed by atoms with Crippen LogP contribution >= 0.6 is 0 Å². The fourth-order valence-corrected chi connectivity index (χ4v) is 3.24. The topological polar surface area (TPSA) is 80.7 Å². The number of allylic oxidation sites excluding steroid dienone is 9. The SMILES string of the molecule is CC1=C(/C=C/C(C)=C/C=C/C(C)=C/C(=O)O)C(C)(C)CCC1.O=[As]O[As]=O. The van der Waals surface area contributed by atoms with E-state index in [1.54, 1.807) is 13.0 Å². The van der Waals surface area contributed by atoms with Crippen LogP contribution in [0.1, 0.15) is 53.9 Å². The van der Waals surface area contributed by atoms with Crippen molar-refractivity contribution in [2.24, 2.45) is 5.41 Å². The summed E-state index contributed by atoms with van der Waals surface area (Å²) < 4.78 is 22.4. The molecule has 1 rings (SSSR count). The Morgan fingerprint density at radius 1 is 1.15 bits per heavy atom.